The minimum Gasteiger partial charge on any atom is -0.465 e. The fourth-order valence-corrected chi connectivity index (χ4v) is 2.80. The van der Waals surface area contributed by atoms with Crippen molar-refractivity contribution in [2.75, 3.05) is 43.0 Å². The number of amides is 2. The summed E-state index contributed by atoms with van der Waals surface area (Å²) in [5.41, 5.74) is 6.79. The number of carbonyl (C=O) groups excluding carboxylic acids is 2. The number of benzene rings is 1. The van der Waals surface area contributed by atoms with E-state index in [-0.39, 0.29) is 5.56 Å². The van der Waals surface area contributed by atoms with E-state index in [1.807, 2.05) is 36.1 Å². The molecule has 1 aromatic heterocycles. The van der Waals surface area contributed by atoms with Gasteiger partial charge in [0.2, 0.25) is 0 Å². The van der Waals surface area contributed by atoms with Gasteiger partial charge < -0.3 is 15.0 Å². The van der Waals surface area contributed by atoms with Crippen LogP contribution in [0.15, 0.2) is 36.7 Å². The maximum atomic E-state index is 12.3. The van der Waals surface area contributed by atoms with Crippen LogP contribution >= 0.6 is 0 Å². The maximum Gasteiger partial charge on any atom is 0.339 e. The number of carbonyl (C=O) groups is 2. The first kappa shape index (κ1) is 17.5. The fourth-order valence-electron chi connectivity index (χ4n) is 2.80. The van der Waals surface area contributed by atoms with Gasteiger partial charge in [0.05, 0.1) is 30.2 Å². The molecule has 2 aromatic rings. The number of nitrogens with one attached hydrogen (secondary N) is 2. The number of pyridine rings is 1. The number of anilines is 3. The molecule has 3 rings (SSSR count). The number of urea groups is 1. The molecule has 0 saturated heterocycles. The molecule has 0 atom stereocenters. The van der Waals surface area contributed by atoms with Crippen LogP contribution in [0, 0.1) is 0 Å². The lowest BCUT2D eigenvalue weighted by atomic mass is 10.1. The van der Waals surface area contributed by atoms with Gasteiger partial charge >= 0.3 is 12.0 Å². The van der Waals surface area contributed by atoms with E-state index in [1.165, 1.54) is 31.1 Å². The van der Waals surface area contributed by atoms with Gasteiger partial charge in [-0.1, -0.05) is 0 Å². The van der Waals surface area contributed by atoms with Crippen molar-refractivity contribution < 1.29 is 14.3 Å². The molecular formula is C18H21N5O3. The number of hydrogen-bond donors (Lipinski definition) is 2. The van der Waals surface area contributed by atoms with E-state index in [0.717, 1.165) is 17.8 Å². The molecular weight excluding hydrogens is 334 g/mol. The molecule has 8 nitrogen and oxygen atoms in total. The highest BCUT2D eigenvalue weighted by Gasteiger charge is 2.21. The standard InChI is InChI=1S/C18H21N5O3/c1-22(2)15-4-5-16-12(9-15)6-7-23(16)21-18(25)20-14-8-13(10-19-11-14)17(24)26-3/h4-5,8-11H,6-7H2,1-3H3,(H2,20,21,25). The van der Waals surface area contributed by atoms with Crippen LogP contribution in [-0.2, 0) is 11.2 Å². The Morgan fingerprint density at radius 1 is 1.23 bits per heavy atom. The van der Waals surface area contributed by atoms with Crippen LogP contribution in [0.2, 0.25) is 0 Å². The summed E-state index contributed by atoms with van der Waals surface area (Å²) in [6.45, 7) is 0.695. The lowest BCUT2D eigenvalue weighted by Gasteiger charge is -2.21. The average molecular weight is 355 g/mol. The number of aromatic nitrogens is 1. The van der Waals surface area contributed by atoms with E-state index in [0.29, 0.717) is 12.2 Å². The predicted molar refractivity (Wildman–Crippen MR) is 99.5 cm³/mol. The third-order valence-corrected chi connectivity index (χ3v) is 4.13. The molecule has 1 aliphatic heterocycles. The summed E-state index contributed by atoms with van der Waals surface area (Å²) in [4.78, 5) is 29.8. The fraction of sp³-hybridized carbons (Fsp3) is 0.278. The lowest BCUT2D eigenvalue weighted by molar-refractivity contribution is 0.0600. The predicted octanol–water partition coefficient (Wildman–Crippen LogP) is 2.03. The van der Waals surface area contributed by atoms with E-state index >= 15 is 0 Å². The van der Waals surface area contributed by atoms with Crippen LogP contribution < -0.4 is 20.7 Å². The van der Waals surface area contributed by atoms with Gasteiger partial charge in [0.25, 0.3) is 0 Å². The topological polar surface area (TPSA) is 86.8 Å². The Hall–Kier alpha value is -3.29. The van der Waals surface area contributed by atoms with Crippen molar-refractivity contribution >= 4 is 29.1 Å². The molecule has 0 bridgehead atoms. The number of hydrazine groups is 1. The first-order valence-corrected chi connectivity index (χ1v) is 8.16. The summed E-state index contributed by atoms with van der Waals surface area (Å²) in [6.07, 6.45) is 3.71. The second-order valence-electron chi connectivity index (χ2n) is 6.13. The van der Waals surface area contributed by atoms with Crippen LogP contribution in [-0.4, -0.2) is 44.7 Å². The summed E-state index contributed by atoms with van der Waals surface area (Å²) in [7, 11) is 5.29. The van der Waals surface area contributed by atoms with Crippen LogP contribution in [0.4, 0.5) is 21.9 Å². The summed E-state index contributed by atoms with van der Waals surface area (Å²) < 4.78 is 4.65. The summed E-state index contributed by atoms with van der Waals surface area (Å²) in [6, 6.07) is 7.24. The summed E-state index contributed by atoms with van der Waals surface area (Å²) in [5.74, 6) is -0.508. The number of esters is 1. The van der Waals surface area contributed by atoms with Crippen molar-refractivity contribution in [3.63, 3.8) is 0 Å². The van der Waals surface area contributed by atoms with Crippen molar-refractivity contribution in [2.24, 2.45) is 0 Å². The molecule has 26 heavy (non-hydrogen) atoms. The molecule has 136 valence electrons. The quantitative estimate of drug-likeness (QED) is 0.816. The molecule has 1 aromatic carbocycles. The molecule has 2 N–H and O–H groups in total. The van der Waals surface area contributed by atoms with Crippen molar-refractivity contribution in [3.8, 4) is 0 Å². The number of methoxy groups -OCH3 is 1. The Kier molecular flexibility index (Phi) is 4.92. The molecule has 1 aliphatic rings. The minimum atomic E-state index is -0.508. The summed E-state index contributed by atoms with van der Waals surface area (Å²) >= 11 is 0. The maximum absolute atomic E-state index is 12.3. The van der Waals surface area contributed by atoms with E-state index in [2.05, 4.69) is 26.5 Å². The normalized spacial score (nSPS) is 12.3. The third kappa shape index (κ3) is 3.69. The van der Waals surface area contributed by atoms with E-state index < -0.39 is 12.0 Å². The second-order valence-corrected chi connectivity index (χ2v) is 6.13. The third-order valence-electron chi connectivity index (χ3n) is 4.13. The minimum absolute atomic E-state index is 0.271. The number of rotatable bonds is 4. The zero-order chi connectivity index (χ0) is 18.7. The SMILES string of the molecule is COC(=O)c1cncc(NC(=O)NN2CCc3cc(N(C)C)ccc32)c1. The number of nitrogens with zero attached hydrogens (tertiary/aromatic N) is 3. The Balaban J connectivity index is 1.66. The molecule has 0 spiro atoms. The Bertz CT molecular complexity index is 837. The monoisotopic (exact) mass is 355 g/mol. The largest absolute Gasteiger partial charge is 0.465 e. The highest BCUT2D eigenvalue weighted by atomic mass is 16.5. The van der Waals surface area contributed by atoms with E-state index in [4.69, 9.17) is 0 Å². The first-order valence-electron chi connectivity index (χ1n) is 8.16. The number of fused-ring (bicyclic) bond motifs is 1. The highest BCUT2D eigenvalue weighted by molar-refractivity contribution is 5.94. The van der Waals surface area contributed by atoms with E-state index in [9.17, 15) is 9.59 Å². The lowest BCUT2D eigenvalue weighted by Crippen LogP contribution is -2.43. The van der Waals surface area contributed by atoms with Gasteiger partial charge in [0.1, 0.15) is 0 Å². The molecule has 0 fully saturated rings. The van der Waals surface area contributed by atoms with Gasteiger partial charge in [-0.05, 0) is 36.2 Å². The van der Waals surface area contributed by atoms with Gasteiger partial charge in [-0.2, -0.15) is 0 Å². The zero-order valence-corrected chi connectivity index (χ0v) is 14.9. The average Bonchev–Trinajstić information content (AvgIpc) is 3.03. The van der Waals surface area contributed by atoms with Crippen molar-refractivity contribution in [1.29, 1.82) is 0 Å². The van der Waals surface area contributed by atoms with Crippen LogP contribution in [0.3, 0.4) is 0 Å². The molecule has 0 radical (unpaired) electrons. The van der Waals surface area contributed by atoms with Crippen LogP contribution in [0.5, 0.6) is 0 Å². The first-order chi connectivity index (χ1) is 12.5. The van der Waals surface area contributed by atoms with Crippen LogP contribution in [0.25, 0.3) is 0 Å². The van der Waals surface area contributed by atoms with Crippen molar-refractivity contribution in [3.05, 3.63) is 47.8 Å². The molecule has 0 saturated carbocycles. The van der Waals surface area contributed by atoms with Gasteiger partial charge in [0.15, 0.2) is 0 Å². The van der Waals surface area contributed by atoms with Gasteiger partial charge in [0, 0.05) is 32.5 Å². The second kappa shape index (κ2) is 7.30. The van der Waals surface area contributed by atoms with E-state index in [1.54, 1.807) is 0 Å². The molecule has 2 amide bonds. The molecule has 0 aliphatic carbocycles. The molecule has 2 heterocycles. The van der Waals surface area contributed by atoms with Gasteiger partial charge in [-0.15, -0.1) is 0 Å². The van der Waals surface area contributed by atoms with Crippen molar-refractivity contribution in [2.45, 2.75) is 6.42 Å². The smallest absolute Gasteiger partial charge is 0.339 e. The zero-order valence-electron chi connectivity index (χ0n) is 14.9. The Morgan fingerprint density at radius 2 is 2.04 bits per heavy atom. The Morgan fingerprint density at radius 3 is 2.77 bits per heavy atom. The number of hydrogen-bond acceptors (Lipinski definition) is 6. The Labute approximate surface area is 151 Å². The van der Waals surface area contributed by atoms with Gasteiger partial charge in [-0.25, -0.2) is 15.0 Å². The highest BCUT2D eigenvalue weighted by Crippen LogP contribution is 2.30. The van der Waals surface area contributed by atoms with Gasteiger partial charge in [-0.3, -0.25) is 9.99 Å². The van der Waals surface area contributed by atoms with Crippen LogP contribution in [0.1, 0.15) is 15.9 Å². The molecule has 8 heteroatoms. The summed E-state index contributed by atoms with van der Waals surface area (Å²) in [5, 5.41) is 4.49. The number of ether oxygens (including phenoxy) is 1. The van der Waals surface area contributed by atoms with Crippen molar-refractivity contribution in [1.82, 2.24) is 10.4 Å². The molecule has 0 unspecified atom stereocenters.